The Bertz CT molecular complexity index is 592. The second-order valence-electron chi connectivity index (χ2n) is 5.00. The highest BCUT2D eigenvalue weighted by Gasteiger charge is 2.13. The van der Waals surface area contributed by atoms with Crippen molar-refractivity contribution in [3.63, 3.8) is 0 Å². The van der Waals surface area contributed by atoms with Crippen molar-refractivity contribution >= 4 is 28.9 Å². The lowest BCUT2D eigenvalue weighted by Crippen LogP contribution is -2.38. The molecule has 112 valence electrons. The fourth-order valence-electron chi connectivity index (χ4n) is 2.03. The predicted octanol–water partition coefficient (Wildman–Crippen LogP) is 3.14. The third-order valence-corrected chi connectivity index (χ3v) is 4.13. The maximum atomic E-state index is 6.12. The zero-order chi connectivity index (χ0) is 15.4. The number of aryl methyl sites for hydroxylation is 1. The highest BCUT2D eigenvalue weighted by Crippen LogP contribution is 2.16. The quantitative estimate of drug-likeness (QED) is 0.877. The van der Waals surface area contributed by atoms with Crippen LogP contribution in [0.25, 0.3) is 0 Å². The Hall–Kier alpha value is -1.59. The molecule has 1 aromatic heterocycles. The van der Waals surface area contributed by atoms with E-state index in [4.69, 9.17) is 23.8 Å². The van der Waals surface area contributed by atoms with Crippen LogP contribution in [0.2, 0.25) is 5.02 Å². The standard InChI is InChI=1S/C15H19ClN4S/c1-11(12-7-5-4-6-8-12)18-15(21)19(2)10-14-13(16)9-17-20(14)3/h4-9,11H,10H2,1-3H3,(H,18,21). The van der Waals surface area contributed by atoms with Gasteiger partial charge in [0, 0.05) is 14.1 Å². The molecule has 0 saturated carbocycles. The lowest BCUT2D eigenvalue weighted by atomic mass is 10.1. The molecule has 0 saturated heterocycles. The van der Waals surface area contributed by atoms with Gasteiger partial charge < -0.3 is 10.2 Å². The smallest absolute Gasteiger partial charge is 0.169 e. The van der Waals surface area contributed by atoms with E-state index in [9.17, 15) is 0 Å². The first kappa shape index (κ1) is 15.8. The van der Waals surface area contributed by atoms with E-state index in [2.05, 4.69) is 29.5 Å². The van der Waals surface area contributed by atoms with E-state index >= 15 is 0 Å². The minimum Gasteiger partial charge on any atom is -0.356 e. The van der Waals surface area contributed by atoms with Crippen LogP contribution in [-0.2, 0) is 13.6 Å². The molecule has 4 nitrogen and oxygen atoms in total. The van der Waals surface area contributed by atoms with Gasteiger partial charge >= 0.3 is 0 Å². The van der Waals surface area contributed by atoms with Crippen molar-refractivity contribution in [3.8, 4) is 0 Å². The molecule has 6 heteroatoms. The number of rotatable bonds is 4. The predicted molar refractivity (Wildman–Crippen MR) is 90.3 cm³/mol. The average molecular weight is 323 g/mol. The summed E-state index contributed by atoms with van der Waals surface area (Å²) in [5, 5.41) is 8.80. The molecule has 0 spiro atoms. The first-order chi connectivity index (χ1) is 9.99. The van der Waals surface area contributed by atoms with Crippen LogP contribution < -0.4 is 5.32 Å². The number of hydrogen-bond donors (Lipinski definition) is 1. The van der Waals surface area contributed by atoms with Gasteiger partial charge in [0.15, 0.2) is 5.11 Å². The summed E-state index contributed by atoms with van der Waals surface area (Å²) in [7, 11) is 3.81. The molecule has 1 N–H and O–H groups in total. The highest BCUT2D eigenvalue weighted by atomic mass is 35.5. The fourth-order valence-corrected chi connectivity index (χ4v) is 2.50. The molecule has 0 radical (unpaired) electrons. The van der Waals surface area contributed by atoms with Crippen LogP contribution in [0.4, 0.5) is 0 Å². The van der Waals surface area contributed by atoms with Gasteiger partial charge in [-0.3, -0.25) is 4.68 Å². The Morgan fingerprint density at radius 1 is 1.43 bits per heavy atom. The van der Waals surface area contributed by atoms with E-state index in [0.29, 0.717) is 16.7 Å². The molecule has 1 heterocycles. The van der Waals surface area contributed by atoms with Gasteiger partial charge in [-0.15, -0.1) is 0 Å². The monoisotopic (exact) mass is 322 g/mol. The van der Waals surface area contributed by atoms with E-state index in [1.54, 1.807) is 10.9 Å². The zero-order valence-electron chi connectivity index (χ0n) is 12.4. The molecule has 2 aromatic rings. The molecule has 0 fully saturated rings. The van der Waals surface area contributed by atoms with Crippen molar-refractivity contribution in [1.29, 1.82) is 0 Å². The van der Waals surface area contributed by atoms with Crippen LogP contribution in [-0.4, -0.2) is 26.8 Å². The van der Waals surface area contributed by atoms with Crippen molar-refractivity contribution < 1.29 is 0 Å². The molecule has 1 unspecified atom stereocenters. The summed E-state index contributed by atoms with van der Waals surface area (Å²) >= 11 is 11.6. The van der Waals surface area contributed by atoms with Gasteiger partial charge in [0.1, 0.15) is 0 Å². The summed E-state index contributed by atoms with van der Waals surface area (Å²) < 4.78 is 1.77. The van der Waals surface area contributed by atoms with Crippen LogP contribution in [0, 0.1) is 0 Å². The van der Waals surface area contributed by atoms with Crippen molar-refractivity contribution in [2.24, 2.45) is 7.05 Å². The zero-order valence-corrected chi connectivity index (χ0v) is 13.9. The van der Waals surface area contributed by atoms with Crippen LogP contribution in [0.3, 0.4) is 0 Å². The summed E-state index contributed by atoms with van der Waals surface area (Å²) in [4.78, 5) is 1.96. The number of halogens is 1. The van der Waals surface area contributed by atoms with Crippen LogP contribution in [0.1, 0.15) is 24.2 Å². The SMILES string of the molecule is CC(NC(=S)N(C)Cc1c(Cl)cnn1C)c1ccccc1. The van der Waals surface area contributed by atoms with E-state index in [-0.39, 0.29) is 6.04 Å². The summed E-state index contributed by atoms with van der Waals surface area (Å²) in [5.74, 6) is 0. The summed E-state index contributed by atoms with van der Waals surface area (Å²) in [6.45, 7) is 2.70. The number of hydrogen-bond acceptors (Lipinski definition) is 2. The Kier molecular flexibility index (Phi) is 5.20. The third-order valence-electron chi connectivity index (χ3n) is 3.38. The molecular weight excluding hydrogens is 304 g/mol. The molecule has 21 heavy (non-hydrogen) atoms. The largest absolute Gasteiger partial charge is 0.356 e. The topological polar surface area (TPSA) is 33.1 Å². The minimum atomic E-state index is 0.156. The fraction of sp³-hybridized carbons (Fsp3) is 0.333. The number of nitrogens with one attached hydrogen (secondary N) is 1. The first-order valence-electron chi connectivity index (χ1n) is 6.72. The van der Waals surface area contributed by atoms with Gasteiger partial charge in [-0.05, 0) is 24.7 Å². The normalized spacial score (nSPS) is 12.0. The van der Waals surface area contributed by atoms with Gasteiger partial charge in [-0.25, -0.2) is 0 Å². The molecule has 1 aromatic carbocycles. The maximum absolute atomic E-state index is 6.12. The van der Waals surface area contributed by atoms with E-state index in [1.807, 2.05) is 37.2 Å². The lowest BCUT2D eigenvalue weighted by molar-refractivity contribution is 0.458. The number of aromatic nitrogens is 2. The van der Waals surface area contributed by atoms with Crippen molar-refractivity contribution in [3.05, 3.63) is 52.8 Å². The number of nitrogens with zero attached hydrogens (tertiary/aromatic N) is 3. The second kappa shape index (κ2) is 6.91. The van der Waals surface area contributed by atoms with Crippen LogP contribution in [0.5, 0.6) is 0 Å². The molecule has 0 amide bonds. The van der Waals surface area contributed by atoms with Gasteiger partial charge in [0.25, 0.3) is 0 Å². The van der Waals surface area contributed by atoms with E-state index in [1.165, 1.54) is 5.56 Å². The molecule has 0 aliphatic heterocycles. The van der Waals surface area contributed by atoms with Gasteiger partial charge in [-0.2, -0.15) is 5.10 Å². The minimum absolute atomic E-state index is 0.156. The Balaban J connectivity index is 1.97. The Morgan fingerprint density at radius 3 is 2.67 bits per heavy atom. The number of benzene rings is 1. The lowest BCUT2D eigenvalue weighted by Gasteiger charge is -2.24. The van der Waals surface area contributed by atoms with Crippen molar-refractivity contribution in [1.82, 2.24) is 20.0 Å². The highest BCUT2D eigenvalue weighted by molar-refractivity contribution is 7.80. The summed E-state index contributed by atoms with van der Waals surface area (Å²) in [6.07, 6.45) is 1.65. The number of thiocarbonyl (C=S) groups is 1. The molecule has 0 aliphatic rings. The van der Waals surface area contributed by atoms with Gasteiger partial charge in [0.2, 0.25) is 0 Å². The molecular formula is C15H19ClN4S. The van der Waals surface area contributed by atoms with Gasteiger partial charge in [-0.1, -0.05) is 41.9 Å². The molecule has 2 rings (SSSR count). The molecule has 0 bridgehead atoms. The first-order valence-corrected chi connectivity index (χ1v) is 7.50. The maximum Gasteiger partial charge on any atom is 0.169 e. The second-order valence-corrected chi connectivity index (χ2v) is 5.79. The average Bonchev–Trinajstić information content (AvgIpc) is 2.79. The van der Waals surface area contributed by atoms with Gasteiger partial charge in [0.05, 0.1) is 29.5 Å². The summed E-state index contributed by atoms with van der Waals surface area (Å²) in [5.41, 5.74) is 2.14. The van der Waals surface area contributed by atoms with Crippen molar-refractivity contribution in [2.75, 3.05) is 7.05 Å². The van der Waals surface area contributed by atoms with E-state index in [0.717, 1.165) is 5.69 Å². The third kappa shape index (κ3) is 3.95. The summed E-state index contributed by atoms with van der Waals surface area (Å²) in [6, 6.07) is 10.4. The molecule has 1 atom stereocenters. The van der Waals surface area contributed by atoms with Crippen molar-refractivity contribution in [2.45, 2.75) is 19.5 Å². The Labute approximate surface area is 135 Å². The van der Waals surface area contributed by atoms with Crippen LogP contribution >= 0.6 is 23.8 Å². The van der Waals surface area contributed by atoms with Crippen LogP contribution in [0.15, 0.2) is 36.5 Å². The molecule has 0 aliphatic carbocycles. The Morgan fingerprint density at radius 2 is 2.10 bits per heavy atom. The van der Waals surface area contributed by atoms with E-state index < -0.39 is 0 Å².